The number of cyclic esters (lactones) is 1. The maximum atomic E-state index is 13.1. The number of carbonyl (C=O) groups excluding carboxylic acids is 2. The monoisotopic (exact) mass is 532 g/mol. The molecule has 4 saturated carbocycles. The van der Waals surface area contributed by atoms with Gasteiger partial charge in [-0.3, -0.25) is 0 Å². The van der Waals surface area contributed by atoms with Gasteiger partial charge >= 0.3 is 5.97 Å². The molecule has 0 aromatic rings. The van der Waals surface area contributed by atoms with Gasteiger partial charge in [0.2, 0.25) is 12.1 Å². The third-order valence-corrected chi connectivity index (χ3v) is 12.1. The van der Waals surface area contributed by atoms with E-state index >= 15 is 0 Å². The smallest absolute Gasteiger partial charge is 0.331 e. The normalized spacial score (nSPS) is 57.4. The molecule has 0 bridgehead atoms. The molecule has 0 amide bonds. The molecule has 0 spiro atoms. The van der Waals surface area contributed by atoms with Crippen LogP contribution in [0.1, 0.15) is 71.6 Å². The van der Waals surface area contributed by atoms with Crippen molar-refractivity contribution in [2.45, 2.75) is 114 Å². The van der Waals surface area contributed by atoms with E-state index in [-0.39, 0.29) is 53.7 Å². The summed E-state index contributed by atoms with van der Waals surface area (Å²) in [6.45, 7) is 4.31. The number of aliphatic hydroxyl groups excluding tert-OH is 1. The topological polar surface area (TPSA) is 132 Å². The van der Waals surface area contributed by atoms with E-state index < -0.39 is 35.3 Å². The lowest BCUT2D eigenvalue weighted by molar-refractivity contribution is -0.457. The van der Waals surface area contributed by atoms with Crippen LogP contribution in [0.25, 0.3) is 0 Å². The highest BCUT2D eigenvalue weighted by molar-refractivity contribution is 5.85. The highest BCUT2D eigenvalue weighted by Crippen LogP contribution is 2.70. The summed E-state index contributed by atoms with van der Waals surface area (Å²) < 4.78 is 23.5. The van der Waals surface area contributed by atoms with E-state index in [0.29, 0.717) is 25.9 Å². The molecule has 4 aliphatic carbocycles. The van der Waals surface area contributed by atoms with Crippen LogP contribution in [-0.4, -0.2) is 76.3 Å². The molecule has 7 aliphatic rings. The van der Waals surface area contributed by atoms with E-state index in [4.69, 9.17) is 18.9 Å². The summed E-state index contributed by atoms with van der Waals surface area (Å²) in [6, 6.07) is 0. The van der Waals surface area contributed by atoms with E-state index in [2.05, 4.69) is 6.92 Å². The first kappa shape index (κ1) is 25.6. The zero-order valence-corrected chi connectivity index (χ0v) is 22.2. The van der Waals surface area contributed by atoms with Crippen molar-refractivity contribution in [2.24, 2.45) is 34.5 Å². The fourth-order valence-electron chi connectivity index (χ4n) is 10.2. The number of aldehydes is 1. The maximum Gasteiger partial charge on any atom is 0.331 e. The van der Waals surface area contributed by atoms with Crippen molar-refractivity contribution in [1.82, 2.24) is 0 Å². The molecule has 3 aliphatic heterocycles. The van der Waals surface area contributed by atoms with Crippen LogP contribution >= 0.6 is 0 Å². The summed E-state index contributed by atoms with van der Waals surface area (Å²) >= 11 is 0. The number of aliphatic hydroxyl groups is 3. The summed E-state index contributed by atoms with van der Waals surface area (Å²) in [4.78, 5) is 24.9. The Morgan fingerprint density at radius 1 is 1.03 bits per heavy atom. The van der Waals surface area contributed by atoms with Crippen molar-refractivity contribution in [2.75, 3.05) is 6.61 Å². The Bertz CT molecular complexity index is 1060. The van der Waals surface area contributed by atoms with Crippen molar-refractivity contribution in [3.8, 4) is 0 Å². The van der Waals surface area contributed by atoms with Gasteiger partial charge in [0, 0.05) is 23.3 Å². The molecule has 7 rings (SSSR count). The minimum absolute atomic E-state index is 0.00418. The van der Waals surface area contributed by atoms with Crippen molar-refractivity contribution < 1.29 is 43.9 Å². The first-order valence-corrected chi connectivity index (χ1v) is 14.5. The van der Waals surface area contributed by atoms with Gasteiger partial charge in [-0.15, -0.1) is 0 Å². The number of esters is 1. The van der Waals surface area contributed by atoms with Crippen LogP contribution in [-0.2, 0) is 28.5 Å². The number of fused-ring (bicyclic) bond motifs is 7. The average Bonchev–Trinajstić information content (AvgIpc) is 3.42. The van der Waals surface area contributed by atoms with Crippen molar-refractivity contribution in [1.29, 1.82) is 0 Å². The van der Waals surface area contributed by atoms with Gasteiger partial charge in [0.1, 0.15) is 19.0 Å². The molecular weight excluding hydrogens is 492 g/mol. The van der Waals surface area contributed by atoms with Gasteiger partial charge in [-0.2, -0.15) is 0 Å². The fraction of sp³-hybridized carbons (Fsp3) is 0.862. The Morgan fingerprint density at radius 2 is 1.84 bits per heavy atom. The van der Waals surface area contributed by atoms with Gasteiger partial charge in [0.25, 0.3) is 0 Å². The van der Waals surface area contributed by atoms with Crippen LogP contribution in [0.2, 0.25) is 0 Å². The summed E-state index contributed by atoms with van der Waals surface area (Å²) in [5, 5.41) is 34.4. The standard InChI is InChI=1S/C29H40O9/c1-15-9-23(31)29(34)25(36-15)37-21-11-17-3-4-20-19(27(17,14-30)12-22(21)38-29)5-7-26(2)18(6-8-28(20,26)33)16-10-24(32)35-13-16/h10,14-15,17-23,25,31,33-34H,3-9,11-13H2,1-2H3/t15-,17-,18-,19-,20-,21-,22-,23+,25+,26-,27-,28+,29+/m1/s1. The van der Waals surface area contributed by atoms with Crippen molar-refractivity contribution in [3.63, 3.8) is 0 Å². The number of hydrogen-bond donors (Lipinski definition) is 3. The largest absolute Gasteiger partial charge is 0.458 e. The Balaban J connectivity index is 1.18. The lowest BCUT2D eigenvalue weighted by Gasteiger charge is -2.64. The molecule has 0 aromatic carbocycles. The molecule has 3 N–H and O–H groups in total. The van der Waals surface area contributed by atoms with Gasteiger partial charge in [-0.05, 0) is 87.5 Å². The third kappa shape index (κ3) is 3.20. The number of ether oxygens (including phenoxy) is 4. The van der Waals surface area contributed by atoms with E-state index in [1.54, 1.807) is 6.08 Å². The highest BCUT2D eigenvalue weighted by atomic mass is 16.8. The van der Waals surface area contributed by atoms with Crippen LogP contribution in [0, 0.1) is 34.5 Å². The Kier molecular flexibility index (Phi) is 5.61. The van der Waals surface area contributed by atoms with Gasteiger partial charge in [-0.25, -0.2) is 4.79 Å². The third-order valence-electron chi connectivity index (χ3n) is 12.1. The van der Waals surface area contributed by atoms with Crippen molar-refractivity contribution >= 4 is 12.3 Å². The van der Waals surface area contributed by atoms with Gasteiger partial charge in [-0.1, -0.05) is 6.92 Å². The summed E-state index contributed by atoms with van der Waals surface area (Å²) in [7, 11) is 0. The Labute approximate surface area is 222 Å². The maximum absolute atomic E-state index is 13.1. The van der Waals surface area contributed by atoms with Crippen LogP contribution < -0.4 is 0 Å². The zero-order chi connectivity index (χ0) is 26.7. The van der Waals surface area contributed by atoms with Crippen LogP contribution in [0.15, 0.2) is 11.6 Å². The molecule has 0 radical (unpaired) electrons. The second kappa shape index (κ2) is 8.33. The second-order valence-electron chi connectivity index (χ2n) is 13.6. The minimum atomic E-state index is -1.96. The molecular formula is C29H40O9. The minimum Gasteiger partial charge on any atom is -0.458 e. The molecule has 210 valence electrons. The predicted octanol–water partition coefficient (Wildman–Crippen LogP) is 2.00. The molecule has 13 atom stereocenters. The fourth-order valence-corrected chi connectivity index (χ4v) is 10.2. The van der Waals surface area contributed by atoms with Gasteiger partial charge in [0.15, 0.2) is 0 Å². The number of carbonyl (C=O) groups is 2. The van der Waals surface area contributed by atoms with E-state index in [9.17, 15) is 24.9 Å². The van der Waals surface area contributed by atoms with Gasteiger partial charge in [0.05, 0.1) is 23.9 Å². The lowest BCUT2D eigenvalue weighted by atomic mass is 9.42. The predicted molar refractivity (Wildman–Crippen MR) is 131 cm³/mol. The number of hydrogen-bond acceptors (Lipinski definition) is 9. The van der Waals surface area contributed by atoms with E-state index in [1.165, 1.54) is 0 Å². The molecule has 6 fully saturated rings. The molecule has 0 unspecified atom stereocenters. The Hall–Kier alpha value is -1.36. The molecule has 9 heteroatoms. The first-order chi connectivity index (χ1) is 18.0. The summed E-state index contributed by atoms with van der Waals surface area (Å²) in [6.07, 6.45) is 5.34. The van der Waals surface area contributed by atoms with Crippen LogP contribution in [0.3, 0.4) is 0 Å². The Morgan fingerprint density at radius 3 is 2.58 bits per heavy atom. The van der Waals surface area contributed by atoms with Crippen molar-refractivity contribution in [3.05, 3.63) is 11.6 Å². The lowest BCUT2D eigenvalue weighted by Crippen LogP contribution is -2.71. The van der Waals surface area contributed by atoms with Gasteiger partial charge < -0.3 is 39.1 Å². The molecule has 38 heavy (non-hydrogen) atoms. The quantitative estimate of drug-likeness (QED) is 0.278. The average molecular weight is 533 g/mol. The zero-order valence-electron chi connectivity index (χ0n) is 22.2. The highest BCUT2D eigenvalue weighted by Gasteiger charge is 2.70. The second-order valence-corrected chi connectivity index (χ2v) is 13.6. The number of rotatable bonds is 2. The molecule has 2 saturated heterocycles. The SMILES string of the molecule is C[C@@H]1C[C@H](O)[C@]2(O)O[C@@H]3C[C@@]4(C=O)[C@H](CC[C@@H]5[C@H]4CC[C@]4(C)[C@@H](C6=CC(=O)OC6)CC[C@]54O)C[C@H]3O[C@@H]2O1. The van der Waals surface area contributed by atoms with Crippen LogP contribution in [0.5, 0.6) is 0 Å². The molecule has 3 heterocycles. The summed E-state index contributed by atoms with van der Waals surface area (Å²) in [5.74, 6) is -2.11. The molecule has 9 nitrogen and oxygen atoms in total. The van der Waals surface area contributed by atoms with Crippen LogP contribution in [0.4, 0.5) is 0 Å². The summed E-state index contributed by atoms with van der Waals surface area (Å²) in [5.41, 5.74) is -1.01. The molecule has 0 aromatic heterocycles. The first-order valence-electron chi connectivity index (χ1n) is 14.5. The van der Waals surface area contributed by atoms with E-state index in [1.807, 2.05) is 6.92 Å². The van der Waals surface area contributed by atoms with E-state index in [0.717, 1.165) is 44.0 Å².